The molecule has 3 nitrogen and oxygen atoms in total. The van der Waals surface area contributed by atoms with Gasteiger partial charge in [0, 0.05) is 10.2 Å². The van der Waals surface area contributed by atoms with E-state index < -0.39 is 15.8 Å². The van der Waals surface area contributed by atoms with Crippen molar-refractivity contribution in [1.82, 2.24) is 0 Å². The highest BCUT2D eigenvalue weighted by Crippen LogP contribution is 2.32. The van der Waals surface area contributed by atoms with Crippen LogP contribution in [0.25, 0.3) is 0 Å². The van der Waals surface area contributed by atoms with E-state index in [1.54, 1.807) is 0 Å². The zero-order chi connectivity index (χ0) is 14.9. The summed E-state index contributed by atoms with van der Waals surface area (Å²) in [5.41, 5.74) is 0.240. The Morgan fingerprint density at radius 3 is 2.20 bits per heavy atom. The Morgan fingerprint density at radius 2 is 1.60 bits per heavy atom. The van der Waals surface area contributed by atoms with E-state index in [9.17, 15) is 12.8 Å². The van der Waals surface area contributed by atoms with Gasteiger partial charge < -0.3 is 0 Å². The fourth-order valence-electron chi connectivity index (χ4n) is 1.44. The average molecular weight is 399 g/mol. The number of benzene rings is 2. The predicted molar refractivity (Wildman–Crippen MR) is 81.4 cm³/mol. The molecule has 0 spiro atoms. The Balaban J connectivity index is 2.40. The molecule has 0 unspecified atom stereocenters. The van der Waals surface area contributed by atoms with Gasteiger partial charge in [-0.2, -0.15) is 0 Å². The first-order chi connectivity index (χ1) is 9.29. The zero-order valence-corrected chi connectivity index (χ0v) is 13.6. The normalized spacial score (nSPS) is 11.4. The van der Waals surface area contributed by atoms with Crippen LogP contribution in [0.2, 0.25) is 10.0 Å². The third-order valence-corrected chi connectivity index (χ3v) is 5.42. The lowest BCUT2D eigenvalue weighted by atomic mass is 10.3. The molecule has 0 amide bonds. The van der Waals surface area contributed by atoms with E-state index >= 15 is 0 Å². The predicted octanol–water partition coefficient (Wildman–Crippen LogP) is 4.70. The molecule has 0 saturated heterocycles. The minimum absolute atomic E-state index is 0.0591. The number of sulfonamides is 1. The van der Waals surface area contributed by atoms with Gasteiger partial charge in [0.05, 0.1) is 10.0 Å². The molecule has 0 heterocycles. The smallest absolute Gasteiger partial charge is 0.263 e. The van der Waals surface area contributed by atoms with E-state index in [1.807, 2.05) is 0 Å². The van der Waals surface area contributed by atoms with Gasteiger partial charge in [0.25, 0.3) is 10.0 Å². The Kier molecular flexibility index (Phi) is 4.59. The van der Waals surface area contributed by atoms with Crippen molar-refractivity contribution in [1.29, 1.82) is 0 Å². The van der Waals surface area contributed by atoms with Crippen LogP contribution in [-0.2, 0) is 10.0 Å². The summed E-state index contributed by atoms with van der Waals surface area (Å²) in [5.74, 6) is -0.455. The molecule has 0 fully saturated rings. The molecule has 2 aromatic rings. The van der Waals surface area contributed by atoms with Crippen LogP contribution in [0.3, 0.4) is 0 Å². The Morgan fingerprint density at radius 1 is 1.05 bits per heavy atom. The van der Waals surface area contributed by atoms with Crippen molar-refractivity contribution in [2.24, 2.45) is 0 Å². The van der Waals surface area contributed by atoms with Crippen molar-refractivity contribution in [3.8, 4) is 0 Å². The lowest BCUT2D eigenvalue weighted by Gasteiger charge is -2.10. The highest BCUT2D eigenvalue weighted by Gasteiger charge is 2.19. The Hall–Kier alpha value is -0.820. The van der Waals surface area contributed by atoms with Crippen LogP contribution >= 0.6 is 39.1 Å². The van der Waals surface area contributed by atoms with E-state index in [-0.39, 0.29) is 25.1 Å². The van der Waals surface area contributed by atoms with Crippen molar-refractivity contribution in [3.63, 3.8) is 0 Å². The number of hydrogen-bond acceptors (Lipinski definition) is 2. The summed E-state index contributed by atoms with van der Waals surface area (Å²) in [6, 6.07) is 7.57. The van der Waals surface area contributed by atoms with Gasteiger partial charge in [0.2, 0.25) is 0 Å². The first-order valence-electron chi connectivity index (χ1n) is 5.22. The molecule has 0 bridgehead atoms. The molecule has 0 saturated carbocycles. The van der Waals surface area contributed by atoms with Crippen molar-refractivity contribution in [2.45, 2.75) is 4.90 Å². The Bertz CT molecular complexity index is 751. The fraction of sp³-hybridized carbons (Fsp3) is 0. The summed E-state index contributed by atoms with van der Waals surface area (Å²) in [7, 11) is -3.86. The second kappa shape index (κ2) is 5.89. The maximum atomic E-state index is 12.8. The minimum atomic E-state index is -3.86. The monoisotopic (exact) mass is 397 g/mol. The Labute approximate surface area is 133 Å². The van der Waals surface area contributed by atoms with Gasteiger partial charge >= 0.3 is 0 Å². The fourth-order valence-corrected chi connectivity index (χ4v) is 4.09. The third kappa shape index (κ3) is 3.44. The molecule has 0 aliphatic carbocycles. The van der Waals surface area contributed by atoms with Crippen LogP contribution in [0.5, 0.6) is 0 Å². The van der Waals surface area contributed by atoms with Gasteiger partial charge in [-0.3, -0.25) is 4.72 Å². The quantitative estimate of drug-likeness (QED) is 0.762. The second-order valence-corrected chi connectivity index (χ2v) is 7.13. The van der Waals surface area contributed by atoms with E-state index in [0.717, 1.165) is 12.1 Å². The van der Waals surface area contributed by atoms with Crippen LogP contribution in [0.1, 0.15) is 0 Å². The molecule has 0 atom stereocenters. The molecular formula is C12H7BrCl2FNO2S. The third-order valence-electron chi connectivity index (χ3n) is 2.36. The molecule has 1 N–H and O–H groups in total. The van der Waals surface area contributed by atoms with Gasteiger partial charge in [-0.1, -0.05) is 23.2 Å². The first-order valence-corrected chi connectivity index (χ1v) is 8.26. The van der Waals surface area contributed by atoms with Crippen molar-refractivity contribution in [3.05, 3.63) is 56.7 Å². The zero-order valence-electron chi connectivity index (χ0n) is 9.70. The first kappa shape index (κ1) is 15.6. The number of anilines is 1. The maximum absolute atomic E-state index is 12.8. The lowest BCUT2D eigenvalue weighted by molar-refractivity contribution is 0.600. The van der Waals surface area contributed by atoms with Gasteiger partial charge in [-0.15, -0.1) is 0 Å². The van der Waals surface area contributed by atoms with Crippen LogP contribution in [0.4, 0.5) is 10.1 Å². The standard InChI is InChI=1S/C12H7BrCl2FNO2S/c13-9-5-10(14)11(15)6-12(9)20(18,19)17-8-3-1-7(16)2-4-8/h1-6,17H. The molecule has 0 aliphatic heterocycles. The summed E-state index contributed by atoms with van der Waals surface area (Å²) < 4.78 is 39.9. The number of hydrogen-bond donors (Lipinski definition) is 1. The van der Waals surface area contributed by atoms with E-state index in [0.29, 0.717) is 0 Å². The molecular weight excluding hydrogens is 392 g/mol. The topological polar surface area (TPSA) is 46.2 Å². The molecule has 2 aromatic carbocycles. The summed E-state index contributed by atoms with van der Waals surface area (Å²) in [5, 5.41) is 0.355. The van der Waals surface area contributed by atoms with Crippen molar-refractivity contribution < 1.29 is 12.8 Å². The number of nitrogens with one attached hydrogen (secondary N) is 1. The van der Waals surface area contributed by atoms with Crippen LogP contribution in [-0.4, -0.2) is 8.42 Å². The van der Waals surface area contributed by atoms with E-state index in [2.05, 4.69) is 20.7 Å². The number of halogens is 4. The van der Waals surface area contributed by atoms with Crippen molar-refractivity contribution in [2.75, 3.05) is 4.72 Å². The molecule has 106 valence electrons. The van der Waals surface area contributed by atoms with Crippen LogP contribution in [0, 0.1) is 5.82 Å². The van der Waals surface area contributed by atoms with E-state index in [4.69, 9.17) is 23.2 Å². The van der Waals surface area contributed by atoms with Gasteiger partial charge in [0.1, 0.15) is 10.7 Å². The second-order valence-electron chi connectivity index (χ2n) is 3.81. The van der Waals surface area contributed by atoms with Gasteiger partial charge in [0.15, 0.2) is 0 Å². The van der Waals surface area contributed by atoms with Crippen LogP contribution in [0.15, 0.2) is 45.8 Å². The summed E-state index contributed by atoms with van der Waals surface area (Å²) in [4.78, 5) is -0.0591. The molecule has 0 aliphatic rings. The average Bonchev–Trinajstić information content (AvgIpc) is 2.36. The molecule has 2 rings (SSSR count). The van der Waals surface area contributed by atoms with Crippen molar-refractivity contribution >= 4 is 54.8 Å². The minimum Gasteiger partial charge on any atom is -0.280 e. The van der Waals surface area contributed by atoms with Crippen LogP contribution < -0.4 is 4.72 Å². The maximum Gasteiger partial charge on any atom is 0.263 e. The lowest BCUT2D eigenvalue weighted by Crippen LogP contribution is -2.13. The summed E-state index contributed by atoms with van der Waals surface area (Å²) >= 11 is 14.7. The molecule has 0 aromatic heterocycles. The molecule has 0 radical (unpaired) electrons. The SMILES string of the molecule is O=S(=O)(Nc1ccc(F)cc1)c1cc(Cl)c(Cl)cc1Br. The highest BCUT2D eigenvalue weighted by molar-refractivity contribution is 9.10. The van der Waals surface area contributed by atoms with E-state index in [1.165, 1.54) is 24.3 Å². The summed E-state index contributed by atoms with van der Waals surface area (Å²) in [6.45, 7) is 0. The number of rotatable bonds is 3. The summed E-state index contributed by atoms with van der Waals surface area (Å²) in [6.07, 6.45) is 0. The highest BCUT2D eigenvalue weighted by atomic mass is 79.9. The van der Waals surface area contributed by atoms with Gasteiger partial charge in [-0.05, 0) is 52.3 Å². The molecule has 20 heavy (non-hydrogen) atoms. The largest absolute Gasteiger partial charge is 0.280 e. The van der Waals surface area contributed by atoms with Gasteiger partial charge in [-0.25, -0.2) is 12.8 Å². The molecule has 8 heteroatoms.